The molecule has 13 aromatic rings. The molecule has 0 saturated heterocycles. The van der Waals surface area contributed by atoms with Gasteiger partial charge in [-0.25, -0.2) is 15.0 Å². The van der Waals surface area contributed by atoms with Crippen molar-refractivity contribution in [2.24, 2.45) is 0 Å². The van der Waals surface area contributed by atoms with Gasteiger partial charge >= 0.3 is 0 Å². The summed E-state index contributed by atoms with van der Waals surface area (Å²) in [6.45, 7) is 13.9. The number of rotatable bonds is 12. The smallest absolute Gasteiger partial charge is 0.164 e. The van der Waals surface area contributed by atoms with Gasteiger partial charge in [-0.15, -0.1) is 20.1 Å². The number of aromatic nitrogens is 4. The van der Waals surface area contributed by atoms with E-state index >= 15 is 0 Å². The molecule has 11 aromatic carbocycles. The largest absolute Gasteiger partial charge is 0.309 e. The number of para-hydroxylation sites is 1. The standard InChI is InChI=1S/C77H66N4S2/c1-76(2,3)58-53-69-68-48-25-26-49-71(68)81(72(69)70(54-58)77(4,5)6)59-33-27-30-55(50-59)73-78-74(56-31-28-46-66(51-56)82(60-34-13-7-14-35-60,61-36-15-8-16-37-61)62-38-17-9-18-39-62)80-75(79-73)57-32-29-47-67(52-57)83(63-40-19-10-20-41-63,64-42-21-11-22-43-64)65-44-23-12-24-45-65/h7-54H,1-6H3. The lowest BCUT2D eigenvalue weighted by Gasteiger charge is -2.42. The Morgan fingerprint density at radius 1 is 0.289 bits per heavy atom. The predicted octanol–water partition coefficient (Wildman–Crippen LogP) is 21.2. The second-order valence-corrected chi connectivity index (χ2v) is 29.5. The zero-order chi connectivity index (χ0) is 56.8. The van der Waals surface area contributed by atoms with Gasteiger partial charge in [0.05, 0.1) is 11.0 Å². The summed E-state index contributed by atoms with van der Waals surface area (Å²) in [4.78, 5) is 26.6. The molecule has 0 aliphatic heterocycles. The van der Waals surface area contributed by atoms with Gasteiger partial charge in [0.1, 0.15) is 0 Å². The summed E-state index contributed by atoms with van der Waals surface area (Å²) in [5.41, 5.74) is 8.58. The highest BCUT2D eigenvalue weighted by molar-refractivity contribution is 8.34. The van der Waals surface area contributed by atoms with Crippen LogP contribution in [0.5, 0.6) is 0 Å². The van der Waals surface area contributed by atoms with Gasteiger partial charge in [-0.05, 0) is 143 Å². The molecule has 0 saturated carbocycles. The van der Waals surface area contributed by atoms with Crippen LogP contribution in [0.25, 0.3) is 61.7 Å². The van der Waals surface area contributed by atoms with E-state index in [2.05, 4.69) is 337 Å². The third kappa shape index (κ3) is 9.56. The summed E-state index contributed by atoms with van der Waals surface area (Å²) < 4.78 is 2.47. The Morgan fingerprint density at radius 3 is 1.00 bits per heavy atom. The number of benzene rings is 11. The minimum Gasteiger partial charge on any atom is -0.309 e. The zero-order valence-electron chi connectivity index (χ0n) is 47.8. The summed E-state index contributed by atoms with van der Waals surface area (Å²) in [6.07, 6.45) is 0. The van der Waals surface area contributed by atoms with Crippen molar-refractivity contribution in [2.45, 2.75) is 91.5 Å². The van der Waals surface area contributed by atoms with Crippen LogP contribution in [-0.2, 0) is 10.8 Å². The Balaban J connectivity index is 1.06. The lowest BCUT2D eigenvalue weighted by molar-refractivity contribution is 0.572. The van der Waals surface area contributed by atoms with Crippen molar-refractivity contribution < 1.29 is 0 Å². The quantitative estimate of drug-likeness (QED) is 0.122. The number of fused-ring (bicyclic) bond motifs is 3. The topological polar surface area (TPSA) is 43.6 Å². The molecule has 4 nitrogen and oxygen atoms in total. The molecular formula is C77H66N4S2. The average molecular weight is 1110 g/mol. The third-order valence-corrected chi connectivity index (χ3v) is 23.7. The van der Waals surface area contributed by atoms with Crippen molar-refractivity contribution in [1.29, 1.82) is 0 Å². The fourth-order valence-corrected chi connectivity index (χ4v) is 19.8. The van der Waals surface area contributed by atoms with Gasteiger partial charge in [0.25, 0.3) is 0 Å². The van der Waals surface area contributed by atoms with E-state index in [1.807, 2.05) is 0 Å². The predicted molar refractivity (Wildman–Crippen MR) is 348 cm³/mol. The van der Waals surface area contributed by atoms with Crippen molar-refractivity contribution >= 4 is 41.9 Å². The molecule has 0 unspecified atom stereocenters. The van der Waals surface area contributed by atoms with Crippen LogP contribution in [0.4, 0.5) is 0 Å². The molecule has 406 valence electrons. The molecule has 0 aliphatic rings. The summed E-state index contributed by atoms with van der Waals surface area (Å²) in [6, 6.07) is 107. The van der Waals surface area contributed by atoms with Gasteiger partial charge in [0.15, 0.2) is 17.5 Å². The molecule has 0 spiro atoms. The van der Waals surface area contributed by atoms with Crippen molar-refractivity contribution in [3.8, 4) is 39.9 Å². The molecule has 0 amide bonds. The average Bonchev–Trinajstić information content (AvgIpc) is 3.42. The highest BCUT2D eigenvalue weighted by Gasteiger charge is 2.36. The van der Waals surface area contributed by atoms with Crippen molar-refractivity contribution in [3.63, 3.8) is 0 Å². The maximum Gasteiger partial charge on any atom is 0.164 e. The minimum atomic E-state index is -2.03. The molecule has 0 bridgehead atoms. The van der Waals surface area contributed by atoms with Gasteiger partial charge in [-0.1, -0.05) is 211 Å². The van der Waals surface area contributed by atoms with Crippen LogP contribution in [0.1, 0.15) is 52.7 Å². The van der Waals surface area contributed by atoms with Gasteiger partial charge in [-0.3, -0.25) is 0 Å². The maximum atomic E-state index is 5.59. The first-order valence-electron chi connectivity index (χ1n) is 28.6. The lowest BCUT2D eigenvalue weighted by atomic mass is 9.79. The van der Waals surface area contributed by atoms with Crippen LogP contribution >= 0.6 is 20.1 Å². The van der Waals surface area contributed by atoms with Crippen LogP contribution < -0.4 is 0 Å². The molecule has 6 heteroatoms. The Hall–Kier alpha value is -9.07. The molecule has 0 radical (unpaired) electrons. The Morgan fingerprint density at radius 2 is 0.627 bits per heavy atom. The van der Waals surface area contributed by atoms with E-state index in [4.69, 9.17) is 15.0 Å². The molecule has 0 N–H and O–H groups in total. The van der Waals surface area contributed by atoms with E-state index in [9.17, 15) is 0 Å². The molecule has 13 rings (SSSR count). The van der Waals surface area contributed by atoms with Gasteiger partial charge < -0.3 is 4.57 Å². The van der Waals surface area contributed by atoms with Gasteiger partial charge in [0, 0.05) is 72.3 Å². The molecule has 83 heavy (non-hydrogen) atoms. The summed E-state index contributed by atoms with van der Waals surface area (Å²) in [7, 11) is -4.06. The SMILES string of the molecule is CC(C)(C)c1cc(C(C)(C)C)c2c(c1)c1ccccc1n2-c1cccc(-c2nc(-c3cccc(S(c4ccccc4)(c4ccccc4)c4ccccc4)c3)nc(-c3cccc(S(c4ccccc4)(c4ccccc4)c4ccccc4)c3)n2)c1. The Labute approximate surface area is 491 Å². The zero-order valence-corrected chi connectivity index (χ0v) is 49.5. The highest BCUT2D eigenvalue weighted by atomic mass is 32.3. The molecule has 0 fully saturated rings. The van der Waals surface area contributed by atoms with Crippen molar-refractivity contribution in [1.82, 2.24) is 19.5 Å². The molecule has 0 aliphatic carbocycles. The van der Waals surface area contributed by atoms with E-state index in [0.717, 1.165) is 27.9 Å². The Kier molecular flexibility index (Phi) is 13.9. The van der Waals surface area contributed by atoms with Crippen molar-refractivity contribution in [2.75, 3.05) is 0 Å². The second-order valence-electron chi connectivity index (χ2n) is 23.3. The van der Waals surface area contributed by atoms with E-state index in [1.54, 1.807) is 0 Å². The maximum absolute atomic E-state index is 5.59. The number of hydrogen-bond donors (Lipinski definition) is 0. The van der Waals surface area contributed by atoms with Crippen molar-refractivity contribution in [3.05, 3.63) is 302 Å². The molecule has 2 heterocycles. The van der Waals surface area contributed by atoms with Crippen LogP contribution in [0.15, 0.2) is 330 Å². The first-order chi connectivity index (χ1) is 40.4. The fourth-order valence-electron chi connectivity index (χ4n) is 11.9. The van der Waals surface area contributed by atoms with Crippen LogP contribution in [0.2, 0.25) is 0 Å². The fraction of sp³-hybridized carbons (Fsp3) is 0.104. The van der Waals surface area contributed by atoms with Crippen LogP contribution in [-0.4, -0.2) is 19.5 Å². The molecule has 2 aromatic heterocycles. The minimum absolute atomic E-state index is 0.0364. The highest BCUT2D eigenvalue weighted by Crippen LogP contribution is 2.75. The Bertz CT molecular complexity index is 4050. The summed E-state index contributed by atoms with van der Waals surface area (Å²) in [5, 5.41) is 2.49. The van der Waals surface area contributed by atoms with Gasteiger partial charge in [-0.2, -0.15) is 0 Å². The first-order valence-corrected chi connectivity index (χ1v) is 31.8. The van der Waals surface area contributed by atoms with E-state index < -0.39 is 20.1 Å². The van der Waals surface area contributed by atoms with E-state index in [0.29, 0.717) is 17.5 Å². The monoisotopic (exact) mass is 1110 g/mol. The van der Waals surface area contributed by atoms with E-state index in [1.165, 1.54) is 66.6 Å². The summed E-state index contributed by atoms with van der Waals surface area (Å²) >= 11 is 0. The summed E-state index contributed by atoms with van der Waals surface area (Å²) in [5.74, 6) is 1.79. The second kappa shape index (κ2) is 21.7. The number of hydrogen-bond acceptors (Lipinski definition) is 3. The normalized spacial score (nSPS) is 12.6. The lowest BCUT2D eigenvalue weighted by Crippen LogP contribution is -2.17. The van der Waals surface area contributed by atoms with Gasteiger partial charge in [0.2, 0.25) is 0 Å². The van der Waals surface area contributed by atoms with Crippen LogP contribution in [0, 0.1) is 0 Å². The number of nitrogens with zero attached hydrogens (tertiary/aromatic N) is 4. The first kappa shape index (κ1) is 53.3. The van der Waals surface area contributed by atoms with Crippen LogP contribution in [0.3, 0.4) is 0 Å². The third-order valence-electron chi connectivity index (χ3n) is 15.9. The molecule has 0 atom stereocenters. The molecular weight excluding hydrogens is 1050 g/mol. The van der Waals surface area contributed by atoms with E-state index in [-0.39, 0.29) is 10.8 Å².